The maximum atomic E-state index is 12.9. The molecule has 0 fully saturated rings. The zero-order valence-corrected chi connectivity index (χ0v) is 18.1. The molecule has 3 amide bonds. The lowest BCUT2D eigenvalue weighted by Crippen LogP contribution is -2.37. The second-order valence-electron chi connectivity index (χ2n) is 7.12. The number of thiophene rings is 2. The highest BCUT2D eigenvalue weighted by Crippen LogP contribution is 2.28. The van der Waals surface area contributed by atoms with Gasteiger partial charge in [-0.1, -0.05) is 50.2 Å². The number of amides is 3. The largest absolute Gasteiger partial charge is 0.352 e. The Balaban J connectivity index is 1.78. The van der Waals surface area contributed by atoms with Gasteiger partial charge in [0.15, 0.2) is 0 Å². The van der Waals surface area contributed by atoms with Crippen molar-refractivity contribution < 1.29 is 9.59 Å². The van der Waals surface area contributed by atoms with E-state index in [0.717, 1.165) is 15.3 Å². The Morgan fingerprint density at radius 3 is 2.00 bits per heavy atom. The van der Waals surface area contributed by atoms with Gasteiger partial charge in [-0.15, -0.1) is 22.7 Å². The average Bonchev–Trinajstić information content (AvgIpc) is 3.39. The number of urea groups is 1. The van der Waals surface area contributed by atoms with Gasteiger partial charge in [-0.3, -0.25) is 4.79 Å². The summed E-state index contributed by atoms with van der Waals surface area (Å²) in [5.41, 5.74) is 7.59. The second kappa shape index (κ2) is 9.71. The minimum Gasteiger partial charge on any atom is -0.352 e. The van der Waals surface area contributed by atoms with E-state index in [2.05, 4.69) is 48.7 Å². The SMILES string of the molecule is CC(C)c1ccc(C(NC(=O)CC(NC(N)=O)c2cccs2)c2cccs2)cc1. The first-order chi connectivity index (χ1) is 13.9. The third-order valence-electron chi connectivity index (χ3n) is 4.66. The van der Waals surface area contributed by atoms with Gasteiger partial charge in [-0.05, 0) is 39.9 Å². The average molecular weight is 428 g/mol. The molecule has 2 aromatic heterocycles. The molecule has 0 aliphatic carbocycles. The fourth-order valence-electron chi connectivity index (χ4n) is 3.14. The molecule has 4 N–H and O–H groups in total. The number of primary amides is 1. The predicted molar refractivity (Wildman–Crippen MR) is 119 cm³/mol. The summed E-state index contributed by atoms with van der Waals surface area (Å²) in [4.78, 5) is 26.2. The van der Waals surface area contributed by atoms with E-state index in [-0.39, 0.29) is 18.4 Å². The van der Waals surface area contributed by atoms with Gasteiger partial charge in [0.1, 0.15) is 0 Å². The molecule has 1 aromatic carbocycles. The first-order valence-corrected chi connectivity index (χ1v) is 11.2. The zero-order chi connectivity index (χ0) is 20.8. The number of nitrogens with two attached hydrogens (primary N) is 1. The van der Waals surface area contributed by atoms with E-state index < -0.39 is 12.1 Å². The van der Waals surface area contributed by atoms with Crippen molar-refractivity contribution in [2.45, 2.75) is 38.3 Å². The zero-order valence-electron chi connectivity index (χ0n) is 16.4. The lowest BCUT2D eigenvalue weighted by atomic mass is 9.98. The van der Waals surface area contributed by atoms with Crippen molar-refractivity contribution in [2.24, 2.45) is 5.73 Å². The lowest BCUT2D eigenvalue weighted by Gasteiger charge is -2.21. The third kappa shape index (κ3) is 5.68. The third-order valence-corrected chi connectivity index (χ3v) is 6.59. The monoisotopic (exact) mass is 427 g/mol. The van der Waals surface area contributed by atoms with Crippen LogP contribution in [-0.2, 0) is 4.79 Å². The van der Waals surface area contributed by atoms with Crippen LogP contribution < -0.4 is 16.4 Å². The highest BCUT2D eigenvalue weighted by atomic mass is 32.1. The molecule has 0 bridgehead atoms. The lowest BCUT2D eigenvalue weighted by molar-refractivity contribution is -0.122. The molecule has 0 aliphatic rings. The number of hydrogen-bond acceptors (Lipinski definition) is 4. The van der Waals surface area contributed by atoms with Crippen LogP contribution in [0.15, 0.2) is 59.3 Å². The molecule has 0 saturated heterocycles. The van der Waals surface area contributed by atoms with Gasteiger partial charge >= 0.3 is 6.03 Å². The number of carbonyl (C=O) groups is 2. The summed E-state index contributed by atoms with van der Waals surface area (Å²) in [6.45, 7) is 4.31. The van der Waals surface area contributed by atoms with Crippen LogP contribution in [0.25, 0.3) is 0 Å². The number of rotatable bonds is 8. The van der Waals surface area contributed by atoms with Crippen LogP contribution in [0.1, 0.15) is 59.2 Å². The molecular weight excluding hydrogens is 402 g/mol. The summed E-state index contributed by atoms with van der Waals surface area (Å²) in [7, 11) is 0. The minimum atomic E-state index is -0.643. The summed E-state index contributed by atoms with van der Waals surface area (Å²) in [5.74, 6) is 0.300. The van der Waals surface area contributed by atoms with Gasteiger partial charge < -0.3 is 16.4 Å². The molecule has 7 heteroatoms. The van der Waals surface area contributed by atoms with Crippen molar-refractivity contribution in [2.75, 3.05) is 0 Å². The molecule has 152 valence electrons. The highest BCUT2D eigenvalue weighted by Gasteiger charge is 2.23. The number of hydrogen-bond donors (Lipinski definition) is 3. The summed E-state index contributed by atoms with van der Waals surface area (Å²) in [6.07, 6.45) is 0.120. The molecule has 5 nitrogen and oxygen atoms in total. The van der Waals surface area contributed by atoms with Crippen molar-refractivity contribution >= 4 is 34.6 Å². The van der Waals surface area contributed by atoms with E-state index in [1.54, 1.807) is 11.3 Å². The van der Waals surface area contributed by atoms with Crippen molar-refractivity contribution in [1.82, 2.24) is 10.6 Å². The summed E-state index contributed by atoms with van der Waals surface area (Å²) < 4.78 is 0. The Labute approximate surface area is 179 Å². The van der Waals surface area contributed by atoms with E-state index in [0.29, 0.717) is 5.92 Å². The molecule has 3 rings (SSSR count). The number of carbonyl (C=O) groups excluding carboxylic acids is 2. The van der Waals surface area contributed by atoms with Gasteiger partial charge in [-0.2, -0.15) is 0 Å². The van der Waals surface area contributed by atoms with Crippen molar-refractivity contribution in [3.8, 4) is 0 Å². The van der Waals surface area contributed by atoms with E-state index in [9.17, 15) is 9.59 Å². The Hall–Kier alpha value is -2.64. The fourth-order valence-corrected chi connectivity index (χ4v) is 4.72. The van der Waals surface area contributed by atoms with Crippen molar-refractivity contribution in [1.29, 1.82) is 0 Å². The standard InChI is InChI=1S/C22H25N3O2S2/c1-14(2)15-7-9-16(10-8-15)21(19-6-4-12-29-19)25-20(26)13-17(24-22(23)27)18-5-3-11-28-18/h3-12,14,17,21H,13H2,1-2H3,(H,25,26)(H3,23,24,27). The molecule has 0 radical (unpaired) electrons. The molecule has 29 heavy (non-hydrogen) atoms. The van der Waals surface area contributed by atoms with E-state index in [1.165, 1.54) is 16.9 Å². The Bertz CT molecular complexity index is 920. The Morgan fingerprint density at radius 1 is 0.897 bits per heavy atom. The first-order valence-electron chi connectivity index (χ1n) is 9.46. The molecule has 2 heterocycles. The summed E-state index contributed by atoms with van der Waals surface area (Å²) in [5, 5.41) is 9.72. The smallest absolute Gasteiger partial charge is 0.312 e. The van der Waals surface area contributed by atoms with Crippen LogP contribution in [0.4, 0.5) is 4.79 Å². The maximum Gasteiger partial charge on any atom is 0.312 e. The van der Waals surface area contributed by atoms with Gasteiger partial charge in [0, 0.05) is 9.75 Å². The molecular formula is C22H25N3O2S2. The maximum absolute atomic E-state index is 12.9. The van der Waals surface area contributed by atoms with Gasteiger partial charge in [0.05, 0.1) is 18.5 Å². The minimum absolute atomic E-state index is 0.120. The summed E-state index contributed by atoms with van der Waals surface area (Å²) >= 11 is 3.09. The Morgan fingerprint density at radius 2 is 1.48 bits per heavy atom. The van der Waals surface area contributed by atoms with Crippen LogP contribution in [0, 0.1) is 0 Å². The van der Waals surface area contributed by atoms with E-state index >= 15 is 0 Å². The van der Waals surface area contributed by atoms with E-state index in [1.807, 2.05) is 35.0 Å². The molecule has 0 saturated carbocycles. The first kappa shape index (κ1) is 21.1. The fraction of sp³-hybridized carbons (Fsp3) is 0.273. The molecule has 2 atom stereocenters. The van der Waals surface area contributed by atoms with Gasteiger partial charge in [0.25, 0.3) is 0 Å². The molecule has 0 aliphatic heterocycles. The van der Waals surface area contributed by atoms with Crippen molar-refractivity contribution in [3.63, 3.8) is 0 Å². The van der Waals surface area contributed by atoms with Crippen LogP contribution in [0.3, 0.4) is 0 Å². The van der Waals surface area contributed by atoms with Gasteiger partial charge in [0.2, 0.25) is 5.91 Å². The molecule has 2 unspecified atom stereocenters. The van der Waals surface area contributed by atoms with Gasteiger partial charge in [-0.25, -0.2) is 4.79 Å². The van der Waals surface area contributed by atoms with E-state index in [4.69, 9.17) is 5.73 Å². The Kier molecular flexibility index (Phi) is 7.06. The highest BCUT2D eigenvalue weighted by molar-refractivity contribution is 7.10. The van der Waals surface area contributed by atoms with Crippen molar-refractivity contribution in [3.05, 3.63) is 80.2 Å². The predicted octanol–water partition coefficient (Wildman–Crippen LogP) is 4.94. The summed E-state index contributed by atoms with van der Waals surface area (Å²) in [6, 6.07) is 14.8. The quantitative estimate of drug-likeness (QED) is 0.476. The van der Waals surface area contributed by atoms with Crippen LogP contribution >= 0.6 is 22.7 Å². The van der Waals surface area contributed by atoms with Crippen LogP contribution in [0.5, 0.6) is 0 Å². The van der Waals surface area contributed by atoms with Crippen LogP contribution in [0.2, 0.25) is 0 Å². The topological polar surface area (TPSA) is 84.2 Å². The molecule has 3 aromatic rings. The number of benzene rings is 1. The number of nitrogens with one attached hydrogen (secondary N) is 2. The molecule has 0 spiro atoms. The normalized spacial score (nSPS) is 13.1. The van der Waals surface area contributed by atoms with Crippen LogP contribution in [-0.4, -0.2) is 11.9 Å². The second-order valence-corrected chi connectivity index (χ2v) is 9.08.